The first-order chi connectivity index (χ1) is 11.7. The molecule has 25 heavy (non-hydrogen) atoms. The molecule has 2 N–H and O–H groups in total. The van der Waals surface area contributed by atoms with Crippen LogP contribution in [0.2, 0.25) is 0 Å². The standard InChI is InChI=1S/C16H23N3O5S/c1-15-9-25-10(16(15,2)18-14(23)17-15)5-3-4-6-13(22)24-19-11(20)7-8-12(19)21/h10H,3-9H2,1-2H3,(H2,17,18,23)/t10?,15?,16-/m0/s1. The minimum absolute atomic E-state index is 0.0993. The fraction of sp³-hybridized carbons (Fsp3) is 0.750. The van der Waals surface area contributed by atoms with Gasteiger partial charge in [0.1, 0.15) is 0 Å². The van der Waals surface area contributed by atoms with Gasteiger partial charge in [-0.05, 0) is 26.7 Å². The highest BCUT2D eigenvalue weighted by molar-refractivity contribution is 8.00. The molecule has 4 amide bonds. The molecule has 0 aromatic carbocycles. The molecule has 8 nitrogen and oxygen atoms in total. The smallest absolute Gasteiger partial charge is 0.330 e. The lowest BCUT2D eigenvalue weighted by molar-refractivity contribution is -0.197. The van der Waals surface area contributed by atoms with E-state index in [1.165, 1.54) is 0 Å². The van der Waals surface area contributed by atoms with Gasteiger partial charge in [-0.3, -0.25) is 9.59 Å². The van der Waals surface area contributed by atoms with Crippen molar-refractivity contribution < 1.29 is 24.0 Å². The topological polar surface area (TPSA) is 105 Å². The highest BCUT2D eigenvalue weighted by Crippen LogP contribution is 2.47. The van der Waals surface area contributed by atoms with Crippen LogP contribution in [0, 0.1) is 0 Å². The summed E-state index contributed by atoms with van der Waals surface area (Å²) in [7, 11) is 0. The molecule has 2 unspecified atom stereocenters. The van der Waals surface area contributed by atoms with Gasteiger partial charge < -0.3 is 15.5 Å². The van der Waals surface area contributed by atoms with Crippen LogP contribution >= 0.6 is 11.8 Å². The number of hydrogen-bond acceptors (Lipinski definition) is 6. The Kier molecular flexibility index (Phi) is 4.70. The van der Waals surface area contributed by atoms with Crippen LogP contribution in [-0.4, -0.2) is 51.0 Å². The van der Waals surface area contributed by atoms with Gasteiger partial charge in [0.05, 0.1) is 11.1 Å². The number of nitrogens with one attached hydrogen (secondary N) is 2. The van der Waals surface area contributed by atoms with Crippen LogP contribution in [0.5, 0.6) is 0 Å². The van der Waals surface area contributed by atoms with E-state index in [1.54, 1.807) is 0 Å². The van der Waals surface area contributed by atoms with Crippen LogP contribution in [0.25, 0.3) is 0 Å². The van der Waals surface area contributed by atoms with Gasteiger partial charge in [-0.1, -0.05) is 6.42 Å². The maximum Gasteiger partial charge on any atom is 0.333 e. The number of carbonyl (C=O) groups is 4. The number of rotatable bonds is 6. The summed E-state index contributed by atoms with van der Waals surface area (Å²) in [4.78, 5) is 51.1. The van der Waals surface area contributed by atoms with E-state index in [0.717, 1.165) is 18.6 Å². The van der Waals surface area contributed by atoms with Crippen molar-refractivity contribution in [3.05, 3.63) is 0 Å². The van der Waals surface area contributed by atoms with Gasteiger partial charge in [0.25, 0.3) is 11.8 Å². The first-order valence-electron chi connectivity index (χ1n) is 8.54. The Hall–Kier alpha value is -1.77. The summed E-state index contributed by atoms with van der Waals surface area (Å²) in [6.07, 6.45) is 2.64. The minimum atomic E-state index is -0.561. The molecular weight excluding hydrogens is 346 g/mol. The monoisotopic (exact) mass is 369 g/mol. The molecule has 0 saturated carbocycles. The fourth-order valence-electron chi connectivity index (χ4n) is 3.62. The Labute approximate surface area is 150 Å². The molecule has 3 atom stereocenters. The number of imide groups is 1. The van der Waals surface area contributed by atoms with Crippen molar-refractivity contribution in [1.82, 2.24) is 15.7 Å². The van der Waals surface area contributed by atoms with E-state index in [0.29, 0.717) is 11.5 Å². The van der Waals surface area contributed by atoms with Crippen LogP contribution in [0.1, 0.15) is 52.4 Å². The lowest BCUT2D eigenvalue weighted by atomic mass is 9.79. The third kappa shape index (κ3) is 3.21. The molecule has 0 aromatic heterocycles. The summed E-state index contributed by atoms with van der Waals surface area (Å²) < 4.78 is 0. The van der Waals surface area contributed by atoms with Crippen molar-refractivity contribution >= 4 is 35.6 Å². The summed E-state index contributed by atoms with van der Waals surface area (Å²) in [5.74, 6) is -0.627. The summed E-state index contributed by atoms with van der Waals surface area (Å²) in [6, 6.07) is -0.126. The highest BCUT2D eigenvalue weighted by atomic mass is 32.2. The largest absolute Gasteiger partial charge is 0.333 e. The molecule has 3 aliphatic heterocycles. The van der Waals surface area contributed by atoms with Crippen LogP contribution in [0.15, 0.2) is 0 Å². The predicted molar refractivity (Wildman–Crippen MR) is 90.4 cm³/mol. The van der Waals surface area contributed by atoms with E-state index >= 15 is 0 Å². The number of nitrogens with zero attached hydrogens (tertiary/aromatic N) is 1. The molecule has 0 aromatic rings. The first-order valence-corrected chi connectivity index (χ1v) is 9.58. The maximum atomic E-state index is 11.8. The third-order valence-electron chi connectivity index (χ3n) is 5.42. The van der Waals surface area contributed by atoms with Crippen molar-refractivity contribution in [3.8, 4) is 0 Å². The molecule has 0 radical (unpaired) electrons. The Bertz CT molecular complexity index is 611. The second kappa shape index (κ2) is 6.51. The summed E-state index contributed by atoms with van der Waals surface area (Å²) in [6.45, 7) is 4.12. The van der Waals surface area contributed by atoms with E-state index in [1.807, 2.05) is 11.8 Å². The molecule has 138 valence electrons. The van der Waals surface area contributed by atoms with Crippen molar-refractivity contribution in [2.45, 2.75) is 68.7 Å². The molecule has 0 bridgehead atoms. The Morgan fingerprint density at radius 2 is 1.88 bits per heavy atom. The Morgan fingerprint density at radius 1 is 1.20 bits per heavy atom. The van der Waals surface area contributed by atoms with E-state index < -0.39 is 17.8 Å². The number of unbranched alkanes of at least 4 members (excludes halogenated alkanes) is 1. The van der Waals surface area contributed by atoms with Gasteiger partial charge in [0, 0.05) is 30.3 Å². The minimum Gasteiger partial charge on any atom is -0.330 e. The van der Waals surface area contributed by atoms with Gasteiger partial charge in [-0.15, -0.1) is 5.06 Å². The van der Waals surface area contributed by atoms with Crippen molar-refractivity contribution in [2.24, 2.45) is 0 Å². The predicted octanol–water partition coefficient (Wildman–Crippen LogP) is 1.10. The maximum absolute atomic E-state index is 11.8. The highest BCUT2D eigenvalue weighted by Gasteiger charge is 2.60. The van der Waals surface area contributed by atoms with Gasteiger partial charge in [0.2, 0.25) is 0 Å². The normalized spacial score (nSPS) is 34.1. The van der Waals surface area contributed by atoms with E-state index in [9.17, 15) is 19.2 Å². The number of fused-ring (bicyclic) bond motifs is 1. The Balaban J connectivity index is 1.42. The summed E-state index contributed by atoms with van der Waals surface area (Å²) in [5.41, 5.74) is -0.557. The van der Waals surface area contributed by atoms with Crippen LogP contribution in [0.3, 0.4) is 0 Å². The fourth-order valence-corrected chi connectivity index (χ4v) is 5.51. The van der Waals surface area contributed by atoms with E-state index in [2.05, 4.69) is 24.5 Å². The number of urea groups is 1. The molecular formula is C16H23N3O5S. The number of carbonyl (C=O) groups excluding carboxylic acids is 4. The summed E-state index contributed by atoms with van der Waals surface area (Å²) >= 11 is 1.83. The lowest BCUT2D eigenvalue weighted by Crippen LogP contribution is -2.58. The van der Waals surface area contributed by atoms with Crippen LogP contribution < -0.4 is 10.6 Å². The summed E-state index contributed by atoms with van der Waals surface area (Å²) in [5, 5.41) is 6.91. The number of amides is 4. The van der Waals surface area contributed by atoms with Crippen LogP contribution in [0.4, 0.5) is 4.79 Å². The average molecular weight is 369 g/mol. The zero-order valence-corrected chi connectivity index (χ0v) is 15.2. The number of thioether (sulfide) groups is 1. The zero-order valence-electron chi connectivity index (χ0n) is 14.4. The van der Waals surface area contributed by atoms with Gasteiger partial charge in [-0.2, -0.15) is 11.8 Å². The SMILES string of the molecule is CC12CSC(CCCCC(=O)ON3C(=O)CCC3=O)[C@]1(C)NC(=O)N2. The van der Waals surface area contributed by atoms with Gasteiger partial charge >= 0.3 is 12.0 Å². The molecule has 0 aliphatic carbocycles. The molecule has 3 fully saturated rings. The molecule has 3 aliphatic rings. The molecule has 9 heteroatoms. The first kappa shape index (κ1) is 18.0. The molecule has 3 saturated heterocycles. The molecule has 3 rings (SSSR count). The second-order valence-corrected chi connectivity index (χ2v) is 8.40. The third-order valence-corrected chi connectivity index (χ3v) is 7.28. The quantitative estimate of drug-likeness (QED) is 0.413. The molecule has 3 heterocycles. The Morgan fingerprint density at radius 3 is 2.56 bits per heavy atom. The molecule has 0 spiro atoms. The number of hydroxylamine groups is 2. The van der Waals surface area contributed by atoms with Crippen LogP contribution in [-0.2, 0) is 19.2 Å². The second-order valence-electron chi connectivity index (χ2n) is 7.20. The van der Waals surface area contributed by atoms with E-state index in [-0.39, 0.29) is 41.6 Å². The van der Waals surface area contributed by atoms with E-state index in [4.69, 9.17) is 4.84 Å². The van der Waals surface area contributed by atoms with Crippen molar-refractivity contribution in [3.63, 3.8) is 0 Å². The van der Waals surface area contributed by atoms with Gasteiger partial charge in [-0.25, -0.2) is 9.59 Å². The zero-order chi connectivity index (χ0) is 18.2. The van der Waals surface area contributed by atoms with Crippen molar-refractivity contribution in [2.75, 3.05) is 5.75 Å². The van der Waals surface area contributed by atoms with Gasteiger partial charge in [0.15, 0.2) is 0 Å². The lowest BCUT2D eigenvalue weighted by Gasteiger charge is -2.35. The average Bonchev–Trinajstić information content (AvgIpc) is 3.05. The van der Waals surface area contributed by atoms with Crippen molar-refractivity contribution in [1.29, 1.82) is 0 Å². The number of hydrogen-bond donors (Lipinski definition) is 2.